The summed E-state index contributed by atoms with van der Waals surface area (Å²) in [5.74, 6) is -0.0456. The van der Waals surface area contributed by atoms with Crippen LogP contribution in [-0.2, 0) is 27.9 Å². The van der Waals surface area contributed by atoms with Crippen LogP contribution in [0, 0.1) is 5.82 Å². The molecule has 1 N–H and O–H groups in total. The molecule has 1 aromatic heterocycles. The molecule has 0 saturated carbocycles. The maximum absolute atomic E-state index is 12.9. The summed E-state index contributed by atoms with van der Waals surface area (Å²) in [4.78, 5) is 11.8. The summed E-state index contributed by atoms with van der Waals surface area (Å²) in [6.45, 7) is 0.382. The summed E-state index contributed by atoms with van der Waals surface area (Å²) in [7, 11) is -3.49. The molecule has 2 rings (SSSR count). The van der Waals surface area contributed by atoms with Crippen LogP contribution in [0.15, 0.2) is 47.1 Å². The number of amides is 1. The summed E-state index contributed by atoms with van der Waals surface area (Å²) < 4.78 is 42.9. The maximum Gasteiger partial charge on any atom is 0.221 e. The van der Waals surface area contributed by atoms with E-state index in [4.69, 9.17) is 4.42 Å². The molecule has 0 fully saturated rings. The summed E-state index contributed by atoms with van der Waals surface area (Å²) in [5, 5.41) is 2.66. The average Bonchev–Trinajstić information content (AvgIpc) is 3.03. The first-order chi connectivity index (χ1) is 11.3. The molecule has 6 nitrogen and oxygen atoms in total. The second-order valence-corrected chi connectivity index (χ2v) is 7.31. The van der Waals surface area contributed by atoms with Gasteiger partial charge in [0.2, 0.25) is 15.9 Å². The predicted molar refractivity (Wildman–Crippen MR) is 86.8 cm³/mol. The fourth-order valence-corrected chi connectivity index (χ4v) is 2.88. The third-order valence-corrected chi connectivity index (χ3v) is 4.62. The Morgan fingerprint density at radius 1 is 1.25 bits per heavy atom. The van der Waals surface area contributed by atoms with Crippen LogP contribution in [0.1, 0.15) is 17.7 Å². The minimum atomic E-state index is -3.49. The van der Waals surface area contributed by atoms with Gasteiger partial charge in [0, 0.05) is 19.5 Å². The molecule has 0 aliphatic rings. The first kappa shape index (κ1) is 18.2. The van der Waals surface area contributed by atoms with Gasteiger partial charge in [0.15, 0.2) is 0 Å². The van der Waals surface area contributed by atoms with Gasteiger partial charge in [0.05, 0.1) is 19.1 Å². The number of nitrogens with zero attached hydrogens (tertiary/aromatic N) is 1. The molecule has 0 spiro atoms. The second kappa shape index (κ2) is 8.07. The van der Waals surface area contributed by atoms with E-state index in [0.29, 0.717) is 11.3 Å². The summed E-state index contributed by atoms with van der Waals surface area (Å²) in [6.07, 6.45) is 2.61. The van der Waals surface area contributed by atoms with E-state index in [0.717, 1.165) is 6.26 Å². The first-order valence-electron chi connectivity index (χ1n) is 7.33. The molecule has 8 heteroatoms. The molecule has 0 atom stereocenters. The lowest BCUT2D eigenvalue weighted by Gasteiger charge is -2.19. The van der Waals surface area contributed by atoms with E-state index in [2.05, 4.69) is 5.32 Å². The van der Waals surface area contributed by atoms with Gasteiger partial charge in [-0.2, -0.15) is 4.31 Å². The second-order valence-electron chi connectivity index (χ2n) is 5.33. The van der Waals surface area contributed by atoms with Crippen molar-refractivity contribution in [3.8, 4) is 0 Å². The largest absolute Gasteiger partial charge is 0.467 e. The minimum Gasteiger partial charge on any atom is -0.467 e. The van der Waals surface area contributed by atoms with Gasteiger partial charge in [-0.15, -0.1) is 0 Å². The van der Waals surface area contributed by atoms with Gasteiger partial charge in [0.1, 0.15) is 11.6 Å². The van der Waals surface area contributed by atoms with Crippen LogP contribution >= 0.6 is 0 Å². The molecule has 1 aromatic carbocycles. The van der Waals surface area contributed by atoms with Gasteiger partial charge >= 0.3 is 0 Å². The Hall–Kier alpha value is -2.19. The highest BCUT2D eigenvalue weighted by molar-refractivity contribution is 7.88. The number of halogens is 1. The molecule has 0 aliphatic heterocycles. The molecule has 1 heterocycles. The number of rotatable bonds is 8. The van der Waals surface area contributed by atoms with Crippen molar-refractivity contribution >= 4 is 15.9 Å². The molecule has 1 amide bonds. The highest BCUT2D eigenvalue weighted by Gasteiger charge is 2.18. The van der Waals surface area contributed by atoms with Gasteiger partial charge in [-0.3, -0.25) is 4.79 Å². The van der Waals surface area contributed by atoms with E-state index in [-0.39, 0.29) is 37.8 Å². The number of carbonyl (C=O) groups is 1. The van der Waals surface area contributed by atoms with E-state index in [1.54, 1.807) is 12.1 Å². The summed E-state index contributed by atoms with van der Waals surface area (Å²) in [6, 6.07) is 9.03. The van der Waals surface area contributed by atoms with E-state index >= 15 is 0 Å². The van der Waals surface area contributed by atoms with E-state index in [1.165, 1.54) is 34.8 Å². The fourth-order valence-electron chi connectivity index (χ4n) is 2.07. The van der Waals surface area contributed by atoms with Crippen molar-refractivity contribution in [1.29, 1.82) is 0 Å². The molecule has 130 valence electrons. The topological polar surface area (TPSA) is 79.6 Å². The smallest absolute Gasteiger partial charge is 0.221 e. The van der Waals surface area contributed by atoms with Gasteiger partial charge in [-0.25, -0.2) is 12.8 Å². The highest BCUT2D eigenvalue weighted by Crippen LogP contribution is 2.10. The SMILES string of the molecule is CS(=O)(=O)N(CCC(=O)NCc1ccco1)Cc1ccc(F)cc1. The van der Waals surface area contributed by atoms with Crippen molar-refractivity contribution in [2.75, 3.05) is 12.8 Å². The lowest BCUT2D eigenvalue weighted by Crippen LogP contribution is -2.34. The van der Waals surface area contributed by atoms with E-state index < -0.39 is 10.0 Å². The number of carbonyl (C=O) groups excluding carboxylic acids is 1. The fraction of sp³-hybridized carbons (Fsp3) is 0.312. The summed E-state index contributed by atoms with van der Waals surface area (Å²) >= 11 is 0. The minimum absolute atomic E-state index is 0.0228. The molecule has 0 saturated heterocycles. The number of furan rings is 1. The highest BCUT2D eigenvalue weighted by atomic mass is 32.2. The van der Waals surface area contributed by atoms with Crippen LogP contribution in [0.25, 0.3) is 0 Å². The number of hydrogen-bond donors (Lipinski definition) is 1. The van der Waals surface area contributed by atoms with Crippen molar-refractivity contribution in [3.63, 3.8) is 0 Å². The van der Waals surface area contributed by atoms with Gasteiger partial charge < -0.3 is 9.73 Å². The van der Waals surface area contributed by atoms with Crippen LogP contribution in [0.3, 0.4) is 0 Å². The third kappa shape index (κ3) is 5.78. The number of nitrogens with one attached hydrogen (secondary N) is 1. The van der Waals surface area contributed by atoms with Gasteiger partial charge in [0.25, 0.3) is 0 Å². The average molecular weight is 354 g/mol. The van der Waals surface area contributed by atoms with Gasteiger partial charge in [-0.05, 0) is 29.8 Å². The zero-order valence-electron chi connectivity index (χ0n) is 13.2. The molecule has 24 heavy (non-hydrogen) atoms. The first-order valence-corrected chi connectivity index (χ1v) is 9.18. The molecule has 2 aromatic rings. The monoisotopic (exact) mass is 354 g/mol. The van der Waals surface area contributed by atoms with Crippen molar-refractivity contribution in [1.82, 2.24) is 9.62 Å². The Morgan fingerprint density at radius 2 is 1.96 bits per heavy atom. The van der Waals surface area contributed by atoms with Crippen LogP contribution < -0.4 is 5.32 Å². The van der Waals surface area contributed by atoms with Crippen molar-refractivity contribution in [2.24, 2.45) is 0 Å². The van der Waals surface area contributed by atoms with Crippen LogP contribution in [0.2, 0.25) is 0 Å². The Balaban J connectivity index is 1.89. The quantitative estimate of drug-likeness (QED) is 0.785. The maximum atomic E-state index is 12.9. The lowest BCUT2D eigenvalue weighted by atomic mass is 10.2. The number of hydrogen-bond acceptors (Lipinski definition) is 4. The summed E-state index contributed by atoms with van der Waals surface area (Å²) in [5.41, 5.74) is 0.651. The Labute approximate surface area is 140 Å². The molecular formula is C16H19FN2O4S. The van der Waals surface area contributed by atoms with Crippen molar-refractivity contribution in [3.05, 3.63) is 59.8 Å². The number of sulfonamides is 1. The van der Waals surface area contributed by atoms with Crippen molar-refractivity contribution < 1.29 is 22.0 Å². The number of benzene rings is 1. The predicted octanol–water partition coefficient (Wildman–Crippen LogP) is 1.89. The molecule has 0 unspecified atom stereocenters. The van der Waals surface area contributed by atoms with Crippen LogP contribution in [0.4, 0.5) is 4.39 Å². The zero-order chi connectivity index (χ0) is 17.6. The molecule has 0 aliphatic carbocycles. The van der Waals surface area contributed by atoms with Crippen molar-refractivity contribution in [2.45, 2.75) is 19.5 Å². The Bertz CT molecular complexity index is 758. The zero-order valence-corrected chi connectivity index (χ0v) is 14.1. The molecule has 0 bridgehead atoms. The van der Waals surface area contributed by atoms with Crippen LogP contribution in [-0.4, -0.2) is 31.4 Å². The Kier molecular flexibility index (Phi) is 6.10. The van der Waals surface area contributed by atoms with E-state index in [1.807, 2.05) is 0 Å². The van der Waals surface area contributed by atoms with Gasteiger partial charge in [-0.1, -0.05) is 12.1 Å². The normalized spacial score (nSPS) is 11.6. The van der Waals surface area contributed by atoms with Crippen LogP contribution in [0.5, 0.6) is 0 Å². The molecule has 0 radical (unpaired) electrons. The standard InChI is InChI=1S/C16H19FN2O4S/c1-24(21,22)19(12-13-4-6-14(17)7-5-13)9-8-16(20)18-11-15-3-2-10-23-15/h2-7,10H,8-9,11-12H2,1H3,(H,18,20). The lowest BCUT2D eigenvalue weighted by molar-refractivity contribution is -0.121. The molecular weight excluding hydrogens is 335 g/mol. The Morgan fingerprint density at radius 3 is 2.54 bits per heavy atom. The van der Waals surface area contributed by atoms with E-state index in [9.17, 15) is 17.6 Å². The third-order valence-electron chi connectivity index (χ3n) is 3.37.